The van der Waals surface area contributed by atoms with Crippen LogP contribution in [0.15, 0.2) is 0 Å². The van der Waals surface area contributed by atoms with Crippen molar-refractivity contribution in [2.45, 2.75) is 13.3 Å². The summed E-state index contributed by atoms with van der Waals surface area (Å²) in [5.41, 5.74) is 0. The summed E-state index contributed by atoms with van der Waals surface area (Å²) in [5, 5.41) is 2.27. The van der Waals surface area contributed by atoms with Crippen LogP contribution >= 0.6 is 37.4 Å². The number of hydrogen-bond donors (Lipinski definition) is 2. The Labute approximate surface area is 78.5 Å². The van der Waals surface area contributed by atoms with Gasteiger partial charge in [0, 0.05) is 6.54 Å². The summed E-state index contributed by atoms with van der Waals surface area (Å²) in [6.45, 7) is 2.71. The predicted molar refractivity (Wildman–Crippen MR) is 50.8 cm³/mol. The molecule has 0 radical (unpaired) electrons. The van der Waals surface area contributed by atoms with E-state index in [-0.39, 0.29) is 35.5 Å². The number of nitrogens with one attached hydrogen (secondary N) is 1. The molecule has 0 aliphatic carbocycles. The molecule has 0 fully saturated rings. The first-order valence-electron chi connectivity index (χ1n) is 2.24. The molecule has 10 heavy (non-hydrogen) atoms. The molecular formula is C4H13Cl2NO2S. The van der Waals surface area contributed by atoms with Crippen LogP contribution in [0.2, 0.25) is 0 Å². The Morgan fingerprint density at radius 2 is 1.90 bits per heavy atom. The average Bonchev–Trinajstić information content (AvgIpc) is 1.61. The molecule has 0 atom stereocenters. The maximum Gasteiger partial charge on any atom is 0.275 e. The third-order valence-electron chi connectivity index (χ3n) is 0.526. The summed E-state index contributed by atoms with van der Waals surface area (Å²) in [6, 6.07) is 0. The summed E-state index contributed by atoms with van der Waals surface area (Å²) in [6.07, 6.45) is 0.965. The number of amides is 1. The Hall–Kier alpha value is 0.360. The van der Waals surface area contributed by atoms with Gasteiger partial charge in [0.05, 0.1) is 0 Å². The third-order valence-corrected chi connectivity index (χ3v) is 0.684. The fourth-order valence-corrected chi connectivity index (χ4v) is 0.344. The molecule has 66 valence electrons. The molecule has 0 aliphatic rings. The minimum atomic E-state index is -0.248. The monoisotopic (exact) mass is 209 g/mol. The summed E-state index contributed by atoms with van der Waals surface area (Å²) in [4.78, 5) is 9.96. The van der Waals surface area contributed by atoms with E-state index in [9.17, 15) is 4.79 Å². The van der Waals surface area contributed by atoms with Gasteiger partial charge in [-0.25, -0.2) is 0 Å². The van der Waals surface area contributed by atoms with Crippen LogP contribution in [-0.2, 0) is 0 Å². The maximum absolute atomic E-state index is 9.96. The molecule has 0 aliphatic heterocycles. The third kappa shape index (κ3) is 23.8. The van der Waals surface area contributed by atoms with E-state index >= 15 is 0 Å². The highest BCUT2D eigenvalue weighted by Crippen LogP contribution is 1.75. The van der Waals surface area contributed by atoms with Gasteiger partial charge in [0.15, 0.2) is 0 Å². The van der Waals surface area contributed by atoms with Crippen molar-refractivity contribution in [1.29, 1.82) is 0 Å². The van der Waals surface area contributed by atoms with Gasteiger partial charge in [-0.1, -0.05) is 19.6 Å². The van der Waals surface area contributed by atoms with Crippen molar-refractivity contribution in [2.75, 3.05) is 6.54 Å². The summed E-state index contributed by atoms with van der Waals surface area (Å²) < 4.78 is 0. The van der Waals surface area contributed by atoms with Gasteiger partial charge in [-0.15, -0.1) is 24.8 Å². The van der Waals surface area contributed by atoms with E-state index < -0.39 is 0 Å². The van der Waals surface area contributed by atoms with Crippen LogP contribution in [0.4, 0.5) is 4.79 Å². The molecule has 6 heteroatoms. The number of halogens is 2. The standard InChI is InChI=1S/C4H9NOS.2ClH.H2O/c1-2-3-5-4(6)7;;;/h2-3H2,1H3,(H2,5,6,7);2*1H;1H2. The molecule has 0 heterocycles. The van der Waals surface area contributed by atoms with E-state index in [1.54, 1.807) is 0 Å². The van der Waals surface area contributed by atoms with Crippen molar-refractivity contribution in [2.24, 2.45) is 0 Å². The molecule has 0 aromatic carbocycles. The van der Waals surface area contributed by atoms with Crippen molar-refractivity contribution in [3.63, 3.8) is 0 Å². The number of rotatable bonds is 2. The van der Waals surface area contributed by atoms with Crippen LogP contribution in [0.3, 0.4) is 0 Å². The molecule has 0 unspecified atom stereocenters. The number of hydrogen-bond acceptors (Lipinski definition) is 1. The van der Waals surface area contributed by atoms with Gasteiger partial charge >= 0.3 is 0 Å². The molecule has 0 aromatic rings. The lowest BCUT2D eigenvalue weighted by Crippen LogP contribution is -2.16. The molecule has 1 amide bonds. The summed E-state index contributed by atoms with van der Waals surface area (Å²) in [5.74, 6) is 0. The van der Waals surface area contributed by atoms with Crippen molar-refractivity contribution in [3.05, 3.63) is 0 Å². The maximum atomic E-state index is 9.96. The quantitative estimate of drug-likeness (QED) is 0.657. The van der Waals surface area contributed by atoms with Gasteiger partial charge in [0.1, 0.15) is 0 Å². The molecule has 0 saturated heterocycles. The second-order valence-electron chi connectivity index (χ2n) is 1.23. The molecule has 3 nitrogen and oxygen atoms in total. The highest BCUT2D eigenvalue weighted by Gasteiger charge is 1.84. The van der Waals surface area contributed by atoms with Crippen LogP contribution in [0.25, 0.3) is 0 Å². The predicted octanol–water partition coefficient (Wildman–Crippen LogP) is 1.05. The van der Waals surface area contributed by atoms with Gasteiger partial charge in [-0.2, -0.15) is 0 Å². The first-order valence-corrected chi connectivity index (χ1v) is 2.69. The molecular weight excluding hydrogens is 197 g/mol. The topological polar surface area (TPSA) is 60.6 Å². The summed E-state index contributed by atoms with van der Waals surface area (Å²) >= 11 is 3.48. The minimum Gasteiger partial charge on any atom is -0.412 e. The van der Waals surface area contributed by atoms with Gasteiger partial charge in [-0.05, 0) is 6.42 Å². The van der Waals surface area contributed by atoms with Gasteiger partial charge in [-0.3, -0.25) is 4.79 Å². The van der Waals surface area contributed by atoms with Crippen molar-refractivity contribution in [1.82, 2.24) is 5.32 Å². The van der Waals surface area contributed by atoms with Crippen LogP contribution in [0.5, 0.6) is 0 Å². The lowest BCUT2D eigenvalue weighted by Gasteiger charge is -1.92. The van der Waals surface area contributed by atoms with Crippen LogP contribution in [0.1, 0.15) is 13.3 Å². The number of carbonyl (C=O) groups is 1. The number of carbonyl (C=O) groups excluding carboxylic acids is 1. The normalized spacial score (nSPS) is 5.80. The molecule has 3 N–H and O–H groups in total. The molecule has 0 spiro atoms. The average molecular weight is 210 g/mol. The molecule has 0 rings (SSSR count). The van der Waals surface area contributed by atoms with E-state index in [1.165, 1.54) is 0 Å². The Morgan fingerprint density at radius 3 is 2.00 bits per heavy atom. The highest BCUT2D eigenvalue weighted by atomic mass is 35.5. The van der Waals surface area contributed by atoms with Crippen molar-refractivity contribution < 1.29 is 10.3 Å². The van der Waals surface area contributed by atoms with E-state index in [4.69, 9.17) is 0 Å². The Kier molecular flexibility index (Phi) is 36.3. The zero-order chi connectivity index (χ0) is 5.70. The lowest BCUT2D eigenvalue weighted by atomic mass is 10.5. The smallest absolute Gasteiger partial charge is 0.275 e. The summed E-state index contributed by atoms with van der Waals surface area (Å²) in [7, 11) is 0. The van der Waals surface area contributed by atoms with Crippen molar-refractivity contribution >= 4 is 42.7 Å². The Bertz CT molecular complexity index is 74.3. The number of thiol groups is 1. The van der Waals surface area contributed by atoms with E-state index in [1.807, 2.05) is 6.92 Å². The highest BCUT2D eigenvalue weighted by molar-refractivity contribution is 7.96. The Balaban J connectivity index is -0.0000000600. The molecule has 0 bridgehead atoms. The van der Waals surface area contributed by atoms with Crippen molar-refractivity contribution in [3.8, 4) is 0 Å². The lowest BCUT2D eigenvalue weighted by molar-refractivity contribution is 0.261. The fourth-order valence-electron chi connectivity index (χ4n) is 0.232. The van der Waals surface area contributed by atoms with E-state index in [2.05, 4.69) is 17.9 Å². The first kappa shape index (κ1) is 22.4. The minimum absolute atomic E-state index is 0. The molecule has 0 aromatic heterocycles. The second-order valence-corrected chi connectivity index (χ2v) is 1.64. The van der Waals surface area contributed by atoms with Crippen LogP contribution in [0, 0.1) is 0 Å². The van der Waals surface area contributed by atoms with Gasteiger partial charge in [0.2, 0.25) is 0 Å². The molecule has 0 saturated carbocycles. The zero-order valence-electron chi connectivity index (χ0n) is 5.59. The Morgan fingerprint density at radius 1 is 1.50 bits per heavy atom. The zero-order valence-corrected chi connectivity index (χ0v) is 8.11. The SMILES string of the molecule is CCCNC(=O)S.Cl.Cl.O. The first-order chi connectivity index (χ1) is 3.27. The van der Waals surface area contributed by atoms with Gasteiger partial charge in [0.25, 0.3) is 5.24 Å². The largest absolute Gasteiger partial charge is 0.412 e. The van der Waals surface area contributed by atoms with Crippen LogP contribution in [-0.4, -0.2) is 17.3 Å². The van der Waals surface area contributed by atoms with E-state index in [0.717, 1.165) is 13.0 Å². The fraction of sp³-hybridized carbons (Fsp3) is 0.750. The van der Waals surface area contributed by atoms with E-state index in [0.29, 0.717) is 0 Å². The van der Waals surface area contributed by atoms with Crippen LogP contribution < -0.4 is 5.32 Å². The van der Waals surface area contributed by atoms with Gasteiger partial charge < -0.3 is 10.8 Å². The second kappa shape index (κ2) is 16.2.